The van der Waals surface area contributed by atoms with E-state index in [1.165, 1.54) is 18.5 Å². The molecule has 2 aliphatic carbocycles. The topological polar surface area (TPSA) is 87.9 Å². The first kappa shape index (κ1) is 19.4. The number of nitrogens with zero attached hydrogens (tertiary/aromatic N) is 3. The van der Waals surface area contributed by atoms with Crippen molar-refractivity contribution in [2.24, 2.45) is 17.8 Å². The quantitative estimate of drug-likeness (QED) is 0.682. The molecule has 2 saturated carbocycles. The molecule has 7 heteroatoms. The summed E-state index contributed by atoms with van der Waals surface area (Å²) < 4.78 is 19.8. The number of amides is 1. The van der Waals surface area contributed by atoms with Crippen LogP contribution in [0, 0.1) is 34.9 Å². The number of hydrogen-bond acceptors (Lipinski definition) is 5. The van der Waals surface area contributed by atoms with E-state index in [1.54, 1.807) is 30.3 Å². The van der Waals surface area contributed by atoms with Crippen LogP contribution < -0.4 is 10.1 Å². The Hall–Kier alpha value is -3.53. The van der Waals surface area contributed by atoms with Gasteiger partial charge in [-0.1, -0.05) is 0 Å². The predicted molar refractivity (Wildman–Crippen MR) is 112 cm³/mol. The normalized spacial score (nSPS) is 24.8. The maximum absolute atomic E-state index is 13.6. The van der Waals surface area contributed by atoms with Crippen LogP contribution in [0.5, 0.6) is 5.88 Å². The van der Waals surface area contributed by atoms with E-state index in [0.717, 1.165) is 12.8 Å². The molecule has 2 aliphatic rings. The molecular formula is C24H21FN4O2. The minimum atomic E-state index is -0.340. The molecule has 0 radical (unpaired) electrons. The molecule has 0 bridgehead atoms. The van der Waals surface area contributed by atoms with Gasteiger partial charge in [-0.2, -0.15) is 5.26 Å². The molecule has 5 atom stereocenters. The average molecular weight is 416 g/mol. The lowest BCUT2D eigenvalue weighted by molar-refractivity contribution is 0.0930. The molecular weight excluding hydrogens is 395 g/mol. The first-order valence-electron chi connectivity index (χ1n) is 10.4. The third kappa shape index (κ3) is 3.70. The van der Waals surface area contributed by atoms with E-state index in [9.17, 15) is 9.18 Å². The fourth-order valence-corrected chi connectivity index (χ4v) is 5.02. The van der Waals surface area contributed by atoms with Crippen molar-refractivity contribution in [1.29, 1.82) is 5.26 Å². The van der Waals surface area contributed by atoms with Crippen LogP contribution in [0.4, 0.5) is 4.39 Å². The highest BCUT2D eigenvalue weighted by molar-refractivity contribution is 5.94. The van der Waals surface area contributed by atoms with Gasteiger partial charge >= 0.3 is 0 Å². The van der Waals surface area contributed by atoms with Crippen molar-refractivity contribution in [3.63, 3.8) is 0 Å². The van der Waals surface area contributed by atoms with Gasteiger partial charge in [0, 0.05) is 11.6 Å². The van der Waals surface area contributed by atoms with Crippen LogP contribution in [0.3, 0.4) is 0 Å². The highest BCUT2D eigenvalue weighted by Crippen LogP contribution is 2.59. The third-order valence-corrected chi connectivity index (χ3v) is 6.52. The summed E-state index contributed by atoms with van der Waals surface area (Å²) in [5.41, 5.74) is 1.75. The summed E-state index contributed by atoms with van der Waals surface area (Å²) in [5.74, 6) is 1.41. The summed E-state index contributed by atoms with van der Waals surface area (Å²) in [6.07, 6.45) is 3.27. The Bertz CT molecular complexity index is 1180. The number of hydrogen-bond donors (Lipinski definition) is 1. The van der Waals surface area contributed by atoms with Crippen molar-refractivity contribution in [2.45, 2.75) is 31.9 Å². The third-order valence-electron chi connectivity index (χ3n) is 6.52. The second-order valence-corrected chi connectivity index (χ2v) is 8.41. The summed E-state index contributed by atoms with van der Waals surface area (Å²) in [6, 6.07) is 13.2. The van der Waals surface area contributed by atoms with Crippen molar-refractivity contribution in [1.82, 2.24) is 15.3 Å². The van der Waals surface area contributed by atoms with Crippen molar-refractivity contribution in [3.8, 4) is 11.9 Å². The van der Waals surface area contributed by atoms with Crippen LogP contribution in [0.25, 0.3) is 10.9 Å². The molecule has 1 amide bonds. The molecule has 0 spiro atoms. The second-order valence-electron chi connectivity index (χ2n) is 8.41. The van der Waals surface area contributed by atoms with Gasteiger partial charge in [-0.3, -0.25) is 4.79 Å². The number of fused-ring (bicyclic) bond motifs is 2. The molecule has 3 aromatic rings. The van der Waals surface area contributed by atoms with E-state index in [4.69, 9.17) is 10.00 Å². The molecule has 6 nitrogen and oxygen atoms in total. The number of benzene rings is 2. The van der Waals surface area contributed by atoms with Crippen LogP contribution in [0.2, 0.25) is 0 Å². The van der Waals surface area contributed by atoms with Gasteiger partial charge in [0.05, 0.1) is 22.5 Å². The Balaban J connectivity index is 1.18. The number of nitriles is 1. The molecule has 0 aliphatic heterocycles. The highest BCUT2D eigenvalue weighted by atomic mass is 19.1. The minimum Gasteiger partial charge on any atom is -0.474 e. The van der Waals surface area contributed by atoms with Gasteiger partial charge in [-0.25, -0.2) is 14.4 Å². The highest BCUT2D eigenvalue weighted by Gasteiger charge is 2.58. The number of rotatable bonds is 5. The van der Waals surface area contributed by atoms with Gasteiger partial charge in [0.25, 0.3) is 5.91 Å². The zero-order valence-electron chi connectivity index (χ0n) is 17.0. The fourth-order valence-electron chi connectivity index (χ4n) is 5.02. The molecule has 156 valence electrons. The lowest BCUT2D eigenvalue weighted by Gasteiger charge is -2.20. The van der Waals surface area contributed by atoms with Crippen molar-refractivity contribution < 1.29 is 13.9 Å². The van der Waals surface area contributed by atoms with E-state index >= 15 is 0 Å². The van der Waals surface area contributed by atoms with Gasteiger partial charge in [-0.15, -0.1) is 0 Å². The molecule has 1 heterocycles. The first-order valence-corrected chi connectivity index (χ1v) is 10.4. The number of carbonyl (C=O) groups excluding carboxylic acids is 1. The summed E-state index contributed by atoms with van der Waals surface area (Å²) in [7, 11) is 0. The van der Waals surface area contributed by atoms with Gasteiger partial charge in [-0.05, 0) is 80.0 Å². The summed E-state index contributed by atoms with van der Waals surface area (Å²) in [5, 5.41) is 12.6. The molecule has 1 N–H and O–H groups in total. The summed E-state index contributed by atoms with van der Waals surface area (Å²) in [6.45, 7) is 2.04. The molecule has 0 saturated heterocycles. The van der Waals surface area contributed by atoms with Crippen LogP contribution in [-0.2, 0) is 0 Å². The van der Waals surface area contributed by atoms with E-state index in [1.807, 2.05) is 6.92 Å². The second kappa shape index (κ2) is 7.62. The number of carbonyl (C=O) groups is 1. The minimum absolute atomic E-state index is 0.0362. The number of ether oxygens (including phenoxy) is 1. The maximum atomic E-state index is 13.6. The Kier molecular flexibility index (Phi) is 4.78. The lowest BCUT2D eigenvalue weighted by Crippen LogP contribution is -2.36. The lowest BCUT2D eigenvalue weighted by atomic mass is 10.0. The molecule has 31 heavy (non-hydrogen) atoms. The van der Waals surface area contributed by atoms with Crippen LogP contribution in [-0.4, -0.2) is 28.0 Å². The molecule has 2 fully saturated rings. The van der Waals surface area contributed by atoms with Crippen molar-refractivity contribution in [2.75, 3.05) is 0 Å². The summed E-state index contributed by atoms with van der Waals surface area (Å²) >= 11 is 0. The maximum Gasteiger partial charge on any atom is 0.251 e. The van der Waals surface area contributed by atoms with Crippen LogP contribution in [0.1, 0.15) is 35.7 Å². The van der Waals surface area contributed by atoms with Gasteiger partial charge < -0.3 is 10.1 Å². The van der Waals surface area contributed by atoms with Gasteiger partial charge in [0.2, 0.25) is 5.88 Å². The largest absolute Gasteiger partial charge is 0.474 e. The zero-order chi connectivity index (χ0) is 21.5. The summed E-state index contributed by atoms with van der Waals surface area (Å²) in [4.78, 5) is 20.9. The number of aromatic nitrogens is 2. The van der Waals surface area contributed by atoms with Gasteiger partial charge in [0.15, 0.2) is 0 Å². The monoisotopic (exact) mass is 416 g/mol. The smallest absolute Gasteiger partial charge is 0.251 e. The Labute approximate surface area is 179 Å². The average Bonchev–Trinajstić information content (AvgIpc) is 3.29. The zero-order valence-corrected chi connectivity index (χ0v) is 17.0. The van der Waals surface area contributed by atoms with E-state index in [2.05, 4.69) is 21.4 Å². The van der Waals surface area contributed by atoms with Crippen molar-refractivity contribution >= 4 is 16.8 Å². The number of nitrogens with one attached hydrogen (secondary N) is 1. The van der Waals surface area contributed by atoms with Crippen LogP contribution >= 0.6 is 0 Å². The van der Waals surface area contributed by atoms with E-state index in [-0.39, 0.29) is 23.9 Å². The molecule has 1 aromatic heterocycles. The Morgan fingerprint density at radius 1 is 1.19 bits per heavy atom. The molecule has 2 unspecified atom stereocenters. The SMILES string of the molecule is C[C@H](NC(=O)c1ccc(C#N)cc1)C1[C@H]2CC(Oc3ncnc4ccc(F)cc34)C[C@@H]12. The Morgan fingerprint density at radius 2 is 1.94 bits per heavy atom. The van der Waals surface area contributed by atoms with E-state index in [0.29, 0.717) is 45.7 Å². The molecule has 5 rings (SSSR count). The standard InChI is InChI=1S/C24H21FN4O2/c1-13(29-23(30)15-4-2-14(11-26)3-5-15)22-18-9-17(10-19(18)22)31-24-20-8-16(25)6-7-21(20)27-12-28-24/h2-8,12-13,17-19,22H,9-10H2,1H3,(H,29,30)/t13-,17?,18-,19+,22?/m0/s1. The predicted octanol–water partition coefficient (Wildman–Crippen LogP) is 3.86. The van der Waals surface area contributed by atoms with Crippen LogP contribution in [0.15, 0.2) is 48.8 Å². The fraction of sp³-hybridized carbons (Fsp3) is 0.333. The van der Waals surface area contributed by atoms with E-state index < -0.39 is 0 Å². The van der Waals surface area contributed by atoms with Gasteiger partial charge in [0.1, 0.15) is 18.2 Å². The number of halogens is 1. The molecule has 2 aromatic carbocycles. The van der Waals surface area contributed by atoms with Crippen molar-refractivity contribution in [3.05, 3.63) is 65.7 Å². The Morgan fingerprint density at radius 3 is 2.65 bits per heavy atom. The first-order chi connectivity index (χ1) is 15.0.